The highest BCUT2D eigenvalue weighted by molar-refractivity contribution is 8.00. The van der Waals surface area contributed by atoms with Crippen molar-refractivity contribution in [3.05, 3.63) is 34.9 Å². The van der Waals surface area contributed by atoms with Gasteiger partial charge in [-0.15, -0.1) is 0 Å². The largest absolute Gasteiger partial charge is 0.312 e. The maximum Gasteiger partial charge on any atom is 0.0236 e. The van der Waals surface area contributed by atoms with Gasteiger partial charge in [0.1, 0.15) is 0 Å². The fourth-order valence-electron chi connectivity index (χ4n) is 3.22. The van der Waals surface area contributed by atoms with Crippen LogP contribution in [0.4, 0.5) is 0 Å². The number of nitrogens with one attached hydrogen (secondary N) is 1. The Morgan fingerprint density at radius 1 is 1.30 bits per heavy atom. The lowest BCUT2D eigenvalue weighted by molar-refractivity contribution is 0.275. The Labute approximate surface area is 127 Å². The summed E-state index contributed by atoms with van der Waals surface area (Å²) in [6.45, 7) is 10.6. The van der Waals surface area contributed by atoms with Gasteiger partial charge in [-0.25, -0.2) is 0 Å². The summed E-state index contributed by atoms with van der Waals surface area (Å²) in [5, 5.41) is 3.48. The van der Waals surface area contributed by atoms with E-state index in [0.29, 0.717) is 4.75 Å². The van der Waals surface area contributed by atoms with Crippen LogP contribution in [0.5, 0.6) is 0 Å². The minimum absolute atomic E-state index is 0.453. The molecule has 0 aliphatic carbocycles. The molecule has 0 aromatic heterocycles. The molecule has 0 amide bonds. The van der Waals surface area contributed by atoms with E-state index >= 15 is 0 Å². The average Bonchev–Trinajstić information content (AvgIpc) is 2.61. The number of fused-ring (bicyclic) bond motifs is 1. The third kappa shape index (κ3) is 3.38. The molecule has 20 heavy (non-hydrogen) atoms. The van der Waals surface area contributed by atoms with Crippen LogP contribution in [-0.2, 0) is 19.5 Å². The molecule has 0 unspecified atom stereocenters. The van der Waals surface area contributed by atoms with Gasteiger partial charge >= 0.3 is 0 Å². The third-order valence-electron chi connectivity index (χ3n) is 4.56. The zero-order valence-corrected chi connectivity index (χ0v) is 13.6. The zero-order valence-electron chi connectivity index (χ0n) is 12.7. The van der Waals surface area contributed by atoms with E-state index in [1.54, 1.807) is 11.1 Å². The zero-order chi connectivity index (χ0) is 14.0. The Balaban J connectivity index is 1.72. The molecule has 1 saturated heterocycles. The SMILES string of the molecule is CC1(C)CCN(Cc2cccc3c2CCNC3)CCS1. The molecular formula is C17H26N2S. The first-order valence-electron chi connectivity index (χ1n) is 7.81. The Morgan fingerprint density at radius 3 is 3.10 bits per heavy atom. The molecule has 110 valence electrons. The minimum atomic E-state index is 0.453. The van der Waals surface area contributed by atoms with Gasteiger partial charge < -0.3 is 5.32 Å². The molecule has 2 nitrogen and oxygen atoms in total. The maximum absolute atomic E-state index is 3.48. The van der Waals surface area contributed by atoms with Crippen molar-refractivity contribution in [2.24, 2.45) is 0 Å². The van der Waals surface area contributed by atoms with E-state index in [9.17, 15) is 0 Å². The van der Waals surface area contributed by atoms with Crippen LogP contribution >= 0.6 is 11.8 Å². The third-order valence-corrected chi connectivity index (χ3v) is 5.93. The van der Waals surface area contributed by atoms with E-state index in [0.717, 1.165) is 19.6 Å². The summed E-state index contributed by atoms with van der Waals surface area (Å²) in [6.07, 6.45) is 2.49. The number of hydrogen-bond acceptors (Lipinski definition) is 3. The van der Waals surface area contributed by atoms with Gasteiger partial charge in [0.05, 0.1) is 0 Å². The van der Waals surface area contributed by atoms with Crippen molar-refractivity contribution in [1.29, 1.82) is 0 Å². The molecule has 1 aromatic carbocycles. The molecule has 1 N–H and O–H groups in total. The lowest BCUT2D eigenvalue weighted by atomic mass is 9.95. The number of nitrogens with zero attached hydrogens (tertiary/aromatic N) is 1. The van der Waals surface area contributed by atoms with Gasteiger partial charge in [-0.1, -0.05) is 32.0 Å². The monoisotopic (exact) mass is 290 g/mol. The Hall–Kier alpha value is -0.510. The Bertz CT molecular complexity index is 470. The van der Waals surface area contributed by atoms with Crippen LogP contribution in [0, 0.1) is 0 Å². The fraction of sp³-hybridized carbons (Fsp3) is 0.647. The van der Waals surface area contributed by atoms with Gasteiger partial charge in [-0.05, 0) is 42.6 Å². The number of rotatable bonds is 2. The molecular weight excluding hydrogens is 264 g/mol. The van der Waals surface area contributed by atoms with Crippen molar-refractivity contribution in [1.82, 2.24) is 10.2 Å². The molecule has 2 heterocycles. The van der Waals surface area contributed by atoms with Crippen LogP contribution in [0.3, 0.4) is 0 Å². The molecule has 0 atom stereocenters. The first-order valence-corrected chi connectivity index (χ1v) is 8.79. The predicted octanol–water partition coefficient (Wildman–Crippen LogP) is 3.05. The second kappa shape index (κ2) is 6.08. The van der Waals surface area contributed by atoms with Gasteiger partial charge in [0.2, 0.25) is 0 Å². The van der Waals surface area contributed by atoms with Crippen molar-refractivity contribution in [3.63, 3.8) is 0 Å². The van der Waals surface area contributed by atoms with E-state index < -0.39 is 0 Å². The Morgan fingerprint density at radius 2 is 2.20 bits per heavy atom. The van der Waals surface area contributed by atoms with E-state index in [-0.39, 0.29) is 0 Å². The van der Waals surface area contributed by atoms with Gasteiger partial charge in [0.15, 0.2) is 0 Å². The molecule has 3 rings (SSSR count). The highest BCUT2D eigenvalue weighted by atomic mass is 32.2. The lowest BCUT2D eigenvalue weighted by Gasteiger charge is -2.25. The molecule has 0 bridgehead atoms. The van der Waals surface area contributed by atoms with Crippen molar-refractivity contribution in [2.75, 3.05) is 25.4 Å². The topological polar surface area (TPSA) is 15.3 Å². The summed E-state index contributed by atoms with van der Waals surface area (Å²) < 4.78 is 0.453. The van der Waals surface area contributed by atoms with Crippen LogP contribution < -0.4 is 5.32 Å². The fourth-order valence-corrected chi connectivity index (χ4v) is 4.36. The quantitative estimate of drug-likeness (QED) is 0.901. The van der Waals surface area contributed by atoms with E-state index in [1.165, 1.54) is 37.2 Å². The van der Waals surface area contributed by atoms with Crippen LogP contribution in [0.1, 0.15) is 37.0 Å². The predicted molar refractivity (Wildman–Crippen MR) is 88.3 cm³/mol. The highest BCUT2D eigenvalue weighted by Crippen LogP contribution is 2.31. The lowest BCUT2D eigenvalue weighted by Crippen LogP contribution is -2.29. The summed E-state index contributed by atoms with van der Waals surface area (Å²) in [5.41, 5.74) is 4.69. The first-order chi connectivity index (χ1) is 9.64. The molecule has 2 aliphatic rings. The summed E-state index contributed by atoms with van der Waals surface area (Å²) in [6, 6.07) is 6.86. The van der Waals surface area contributed by atoms with Gasteiger partial charge in [0, 0.05) is 30.1 Å². The highest BCUT2D eigenvalue weighted by Gasteiger charge is 2.24. The summed E-state index contributed by atoms with van der Waals surface area (Å²) in [4.78, 5) is 2.65. The Kier molecular flexibility index (Phi) is 4.39. The molecule has 1 aromatic rings. The van der Waals surface area contributed by atoms with Crippen LogP contribution in [-0.4, -0.2) is 35.0 Å². The molecule has 0 radical (unpaired) electrons. The molecule has 1 fully saturated rings. The van der Waals surface area contributed by atoms with Crippen LogP contribution in [0.2, 0.25) is 0 Å². The molecule has 3 heteroatoms. The smallest absolute Gasteiger partial charge is 0.0236 e. The van der Waals surface area contributed by atoms with Gasteiger partial charge in [0.25, 0.3) is 0 Å². The van der Waals surface area contributed by atoms with Gasteiger partial charge in [-0.3, -0.25) is 4.90 Å². The second-order valence-corrected chi connectivity index (χ2v) is 8.42. The normalized spacial score (nSPS) is 23.1. The standard InChI is InChI=1S/C17H26N2S/c1-17(2)7-9-19(10-11-20-17)13-15-5-3-4-14-12-18-8-6-16(14)15/h3-5,18H,6-13H2,1-2H3. The van der Waals surface area contributed by atoms with E-state index in [1.807, 2.05) is 0 Å². The number of hydrogen-bond donors (Lipinski definition) is 1. The summed E-state index contributed by atoms with van der Waals surface area (Å²) in [5.74, 6) is 1.27. The van der Waals surface area contributed by atoms with Crippen molar-refractivity contribution < 1.29 is 0 Å². The number of benzene rings is 1. The van der Waals surface area contributed by atoms with Crippen molar-refractivity contribution >= 4 is 11.8 Å². The van der Waals surface area contributed by atoms with Gasteiger partial charge in [-0.2, -0.15) is 11.8 Å². The minimum Gasteiger partial charge on any atom is -0.312 e. The summed E-state index contributed by atoms with van der Waals surface area (Å²) >= 11 is 2.13. The molecule has 0 spiro atoms. The van der Waals surface area contributed by atoms with Crippen molar-refractivity contribution in [2.45, 2.75) is 44.5 Å². The van der Waals surface area contributed by atoms with Crippen LogP contribution in [0.15, 0.2) is 18.2 Å². The maximum atomic E-state index is 3.48. The second-order valence-electron chi connectivity index (χ2n) is 6.62. The molecule has 2 aliphatic heterocycles. The van der Waals surface area contributed by atoms with Crippen LogP contribution in [0.25, 0.3) is 0 Å². The first kappa shape index (κ1) is 14.4. The van der Waals surface area contributed by atoms with Crippen molar-refractivity contribution in [3.8, 4) is 0 Å². The van der Waals surface area contributed by atoms with E-state index in [2.05, 4.69) is 54.0 Å². The molecule has 0 saturated carbocycles. The number of thioether (sulfide) groups is 1. The summed E-state index contributed by atoms with van der Waals surface area (Å²) in [7, 11) is 0. The average molecular weight is 290 g/mol. The van der Waals surface area contributed by atoms with E-state index in [4.69, 9.17) is 0 Å².